The third-order valence-electron chi connectivity index (χ3n) is 4.84. The molecule has 2 heteroatoms. The Bertz CT molecular complexity index is 229. The summed E-state index contributed by atoms with van der Waals surface area (Å²) in [6, 6.07) is 0.194. The third kappa shape index (κ3) is 4.55. The second kappa shape index (κ2) is 7.49. The van der Waals surface area contributed by atoms with Crippen molar-refractivity contribution < 1.29 is 4.74 Å². The maximum atomic E-state index is 6.19. The van der Waals surface area contributed by atoms with E-state index < -0.39 is 0 Å². The predicted octanol–water partition coefficient (Wildman–Crippen LogP) is 3.84. The van der Waals surface area contributed by atoms with Crippen LogP contribution in [-0.4, -0.2) is 18.8 Å². The van der Waals surface area contributed by atoms with Crippen LogP contribution in [0.4, 0.5) is 0 Å². The van der Waals surface area contributed by atoms with E-state index in [2.05, 4.69) is 34.6 Å². The predicted molar refractivity (Wildman–Crippen MR) is 78.5 cm³/mol. The molecule has 1 rings (SSSR count). The molecule has 5 unspecified atom stereocenters. The molecule has 1 aliphatic rings. The van der Waals surface area contributed by atoms with Crippen molar-refractivity contribution in [2.45, 2.75) is 72.4 Å². The van der Waals surface area contributed by atoms with Gasteiger partial charge >= 0.3 is 0 Å². The Morgan fingerprint density at radius 1 is 1.22 bits per heavy atom. The highest BCUT2D eigenvalue weighted by molar-refractivity contribution is 4.82. The van der Waals surface area contributed by atoms with Gasteiger partial charge in [-0.05, 0) is 36.5 Å². The standard InChI is InChI=1S/C16H33NO/c1-6-13(5)15(17)10-18-16-9-12(4)7-8-14(16)11(2)3/h11-16H,6-10,17H2,1-5H3. The van der Waals surface area contributed by atoms with E-state index in [0.29, 0.717) is 12.0 Å². The van der Waals surface area contributed by atoms with Crippen LogP contribution < -0.4 is 5.73 Å². The van der Waals surface area contributed by atoms with Crippen LogP contribution >= 0.6 is 0 Å². The molecule has 0 spiro atoms. The lowest BCUT2D eigenvalue weighted by molar-refractivity contribution is -0.0467. The Morgan fingerprint density at radius 3 is 2.44 bits per heavy atom. The summed E-state index contributed by atoms with van der Waals surface area (Å²) in [6.07, 6.45) is 5.47. The Balaban J connectivity index is 2.46. The van der Waals surface area contributed by atoms with E-state index in [-0.39, 0.29) is 6.04 Å². The van der Waals surface area contributed by atoms with Gasteiger partial charge in [0.15, 0.2) is 0 Å². The molecular formula is C16H33NO. The first-order chi connectivity index (χ1) is 8.45. The first-order valence-electron chi connectivity index (χ1n) is 7.82. The molecule has 1 aliphatic carbocycles. The quantitative estimate of drug-likeness (QED) is 0.782. The molecule has 2 nitrogen and oxygen atoms in total. The summed E-state index contributed by atoms with van der Waals surface area (Å²) in [7, 11) is 0. The summed E-state index contributed by atoms with van der Waals surface area (Å²) in [4.78, 5) is 0. The summed E-state index contributed by atoms with van der Waals surface area (Å²) in [6.45, 7) is 12.1. The van der Waals surface area contributed by atoms with Gasteiger partial charge in [0.2, 0.25) is 0 Å². The molecule has 18 heavy (non-hydrogen) atoms. The van der Waals surface area contributed by atoms with Crippen molar-refractivity contribution in [3.8, 4) is 0 Å². The Kier molecular flexibility index (Phi) is 6.65. The van der Waals surface area contributed by atoms with Gasteiger partial charge in [0.1, 0.15) is 0 Å². The molecule has 0 aromatic rings. The minimum Gasteiger partial charge on any atom is -0.376 e. The van der Waals surface area contributed by atoms with Gasteiger partial charge in [-0.1, -0.05) is 47.5 Å². The average molecular weight is 255 g/mol. The van der Waals surface area contributed by atoms with E-state index in [1.54, 1.807) is 0 Å². The first kappa shape index (κ1) is 16.0. The monoisotopic (exact) mass is 255 g/mol. The molecule has 0 aromatic carbocycles. The summed E-state index contributed by atoms with van der Waals surface area (Å²) in [5.74, 6) is 2.82. The third-order valence-corrected chi connectivity index (χ3v) is 4.84. The van der Waals surface area contributed by atoms with Crippen LogP contribution in [0.2, 0.25) is 0 Å². The molecule has 1 fully saturated rings. The van der Waals surface area contributed by atoms with Crippen LogP contribution in [0.5, 0.6) is 0 Å². The number of hydrogen-bond acceptors (Lipinski definition) is 2. The largest absolute Gasteiger partial charge is 0.376 e. The van der Waals surface area contributed by atoms with E-state index in [1.165, 1.54) is 19.3 Å². The summed E-state index contributed by atoms with van der Waals surface area (Å²) < 4.78 is 6.19. The molecular weight excluding hydrogens is 222 g/mol. The molecule has 0 saturated heterocycles. The fourth-order valence-electron chi connectivity index (χ4n) is 3.01. The zero-order chi connectivity index (χ0) is 13.7. The van der Waals surface area contributed by atoms with Crippen molar-refractivity contribution in [2.24, 2.45) is 29.4 Å². The second-order valence-corrected chi connectivity index (χ2v) is 6.75. The molecule has 0 radical (unpaired) electrons. The summed E-state index contributed by atoms with van der Waals surface area (Å²) in [5, 5.41) is 0. The van der Waals surface area contributed by atoms with Gasteiger partial charge < -0.3 is 10.5 Å². The van der Waals surface area contributed by atoms with Crippen molar-refractivity contribution in [2.75, 3.05) is 6.61 Å². The summed E-state index contributed by atoms with van der Waals surface area (Å²) >= 11 is 0. The zero-order valence-electron chi connectivity index (χ0n) is 13.0. The summed E-state index contributed by atoms with van der Waals surface area (Å²) in [5.41, 5.74) is 6.18. The van der Waals surface area contributed by atoms with E-state index in [4.69, 9.17) is 10.5 Å². The fraction of sp³-hybridized carbons (Fsp3) is 1.00. The van der Waals surface area contributed by atoms with Gasteiger partial charge in [0.25, 0.3) is 0 Å². The zero-order valence-corrected chi connectivity index (χ0v) is 13.0. The highest BCUT2D eigenvalue weighted by Gasteiger charge is 2.31. The van der Waals surface area contributed by atoms with Crippen molar-refractivity contribution in [3.05, 3.63) is 0 Å². The van der Waals surface area contributed by atoms with E-state index in [0.717, 1.165) is 30.8 Å². The molecule has 0 amide bonds. The van der Waals surface area contributed by atoms with Crippen LogP contribution in [0.15, 0.2) is 0 Å². The van der Waals surface area contributed by atoms with E-state index in [9.17, 15) is 0 Å². The Labute approximate surface area is 114 Å². The van der Waals surface area contributed by atoms with Crippen LogP contribution in [-0.2, 0) is 4.74 Å². The molecule has 0 aromatic heterocycles. The molecule has 0 heterocycles. The lowest BCUT2D eigenvalue weighted by Crippen LogP contribution is -2.39. The van der Waals surface area contributed by atoms with Gasteiger partial charge in [0.05, 0.1) is 12.7 Å². The topological polar surface area (TPSA) is 35.2 Å². The molecule has 2 N–H and O–H groups in total. The molecule has 5 atom stereocenters. The molecule has 0 bridgehead atoms. The molecule has 108 valence electrons. The minimum atomic E-state index is 0.194. The number of nitrogens with two attached hydrogens (primary N) is 1. The van der Waals surface area contributed by atoms with E-state index in [1.807, 2.05) is 0 Å². The van der Waals surface area contributed by atoms with Crippen LogP contribution in [0, 0.1) is 23.7 Å². The van der Waals surface area contributed by atoms with Crippen molar-refractivity contribution in [1.82, 2.24) is 0 Å². The Hall–Kier alpha value is -0.0800. The van der Waals surface area contributed by atoms with Crippen molar-refractivity contribution >= 4 is 0 Å². The van der Waals surface area contributed by atoms with Gasteiger partial charge in [0, 0.05) is 6.04 Å². The average Bonchev–Trinajstić information content (AvgIpc) is 2.34. The molecule has 1 saturated carbocycles. The minimum absolute atomic E-state index is 0.194. The number of rotatable bonds is 6. The van der Waals surface area contributed by atoms with Crippen molar-refractivity contribution in [1.29, 1.82) is 0 Å². The maximum Gasteiger partial charge on any atom is 0.0624 e. The normalized spacial score (nSPS) is 32.5. The maximum absolute atomic E-state index is 6.19. The van der Waals surface area contributed by atoms with Crippen molar-refractivity contribution in [3.63, 3.8) is 0 Å². The van der Waals surface area contributed by atoms with Gasteiger partial charge in [-0.15, -0.1) is 0 Å². The lowest BCUT2D eigenvalue weighted by Gasteiger charge is -2.38. The van der Waals surface area contributed by atoms with Crippen LogP contribution in [0.25, 0.3) is 0 Å². The molecule has 0 aliphatic heterocycles. The second-order valence-electron chi connectivity index (χ2n) is 6.75. The van der Waals surface area contributed by atoms with Gasteiger partial charge in [-0.3, -0.25) is 0 Å². The lowest BCUT2D eigenvalue weighted by atomic mass is 9.75. The number of ether oxygens (including phenoxy) is 1. The Morgan fingerprint density at radius 2 is 1.89 bits per heavy atom. The van der Waals surface area contributed by atoms with Crippen LogP contribution in [0.3, 0.4) is 0 Å². The van der Waals surface area contributed by atoms with Gasteiger partial charge in [-0.2, -0.15) is 0 Å². The highest BCUT2D eigenvalue weighted by Crippen LogP contribution is 2.35. The fourth-order valence-corrected chi connectivity index (χ4v) is 3.01. The van der Waals surface area contributed by atoms with Crippen LogP contribution in [0.1, 0.15) is 60.3 Å². The number of hydrogen-bond donors (Lipinski definition) is 1. The van der Waals surface area contributed by atoms with Gasteiger partial charge in [-0.25, -0.2) is 0 Å². The SMILES string of the molecule is CCC(C)C(N)COC1CC(C)CCC1C(C)C. The smallest absolute Gasteiger partial charge is 0.0624 e. The van der Waals surface area contributed by atoms with E-state index >= 15 is 0 Å². The highest BCUT2D eigenvalue weighted by atomic mass is 16.5. The first-order valence-corrected chi connectivity index (χ1v) is 7.82.